The molecule has 0 amide bonds. The number of anilines is 3. The molecule has 1 unspecified atom stereocenters. The van der Waals surface area contributed by atoms with E-state index in [1.54, 1.807) is 6.26 Å². The third-order valence-corrected chi connectivity index (χ3v) is 7.34. The summed E-state index contributed by atoms with van der Waals surface area (Å²) in [4.78, 5) is 3.09. The van der Waals surface area contributed by atoms with Crippen LogP contribution >= 0.6 is 15.9 Å². The molecule has 0 aromatic heterocycles. The van der Waals surface area contributed by atoms with E-state index in [0.717, 1.165) is 48.7 Å². The van der Waals surface area contributed by atoms with Crippen LogP contribution in [-0.2, 0) is 10.8 Å². The Hall–Kier alpha value is -3.47. The van der Waals surface area contributed by atoms with Crippen molar-refractivity contribution in [2.45, 2.75) is 4.90 Å². The summed E-state index contributed by atoms with van der Waals surface area (Å²) < 4.78 is 13.3. The van der Waals surface area contributed by atoms with E-state index in [1.807, 2.05) is 30.3 Å². The number of halogens is 1. The largest absolute Gasteiger partial charge is 0.310 e. The van der Waals surface area contributed by atoms with E-state index in [4.69, 9.17) is 0 Å². The van der Waals surface area contributed by atoms with Crippen LogP contribution in [0.15, 0.2) is 137 Å². The van der Waals surface area contributed by atoms with Gasteiger partial charge < -0.3 is 4.90 Å². The first-order chi connectivity index (χ1) is 17.1. The molecular formula is C31H24BrNOS. The lowest BCUT2D eigenvalue weighted by atomic mass is 9.98. The number of hydrogen-bond donors (Lipinski definition) is 0. The fourth-order valence-corrected chi connectivity index (χ4v) is 5.57. The van der Waals surface area contributed by atoms with Crippen molar-refractivity contribution in [1.82, 2.24) is 0 Å². The van der Waals surface area contributed by atoms with Crippen molar-refractivity contribution in [1.29, 1.82) is 0 Å². The molecule has 0 spiro atoms. The van der Waals surface area contributed by atoms with Crippen molar-refractivity contribution in [3.05, 3.63) is 132 Å². The van der Waals surface area contributed by atoms with Crippen LogP contribution in [0.5, 0.6) is 0 Å². The fraction of sp³-hybridized carbons (Fsp3) is 0.0323. The molecule has 5 aromatic carbocycles. The van der Waals surface area contributed by atoms with Gasteiger partial charge in [-0.3, -0.25) is 4.21 Å². The molecule has 0 saturated heterocycles. The lowest BCUT2D eigenvalue weighted by Crippen LogP contribution is -2.09. The number of para-hydroxylation sites is 2. The molecule has 4 heteroatoms. The first kappa shape index (κ1) is 23.3. The zero-order chi connectivity index (χ0) is 24.2. The minimum Gasteiger partial charge on any atom is -0.310 e. The molecule has 0 aliphatic carbocycles. The molecule has 5 rings (SSSR count). The summed E-state index contributed by atoms with van der Waals surface area (Å²) in [5.74, 6) is 0. The van der Waals surface area contributed by atoms with E-state index in [1.165, 1.54) is 0 Å². The van der Waals surface area contributed by atoms with Gasteiger partial charge in [-0.1, -0.05) is 88.7 Å². The van der Waals surface area contributed by atoms with Crippen LogP contribution < -0.4 is 4.90 Å². The van der Waals surface area contributed by atoms with Gasteiger partial charge in [-0.2, -0.15) is 0 Å². The lowest BCUT2D eigenvalue weighted by Gasteiger charge is -2.26. The van der Waals surface area contributed by atoms with Crippen LogP contribution in [-0.4, -0.2) is 10.5 Å². The van der Waals surface area contributed by atoms with Crippen LogP contribution in [0.2, 0.25) is 0 Å². The molecule has 35 heavy (non-hydrogen) atoms. The van der Waals surface area contributed by atoms with Crippen molar-refractivity contribution in [2.24, 2.45) is 0 Å². The molecule has 0 heterocycles. The second-order valence-electron chi connectivity index (χ2n) is 8.23. The fourth-order valence-electron chi connectivity index (χ4n) is 4.26. The number of nitrogens with zero attached hydrogens (tertiary/aromatic N) is 1. The smallest absolute Gasteiger partial charge is 0.0504 e. The third-order valence-electron chi connectivity index (χ3n) is 5.89. The number of rotatable bonds is 6. The summed E-state index contributed by atoms with van der Waals surface area (Å²) in [6.07, 6.45) is 1.72. The van der Waals surface area contributed by atoms with Crippen molar-refractivity contribution >= 4 is 43.8 Å². The highest BCUT2D eigenvalue weighted by atomic mass is 79.9. The van der Waals surface area contributed by atoms with Gasteiger partial charge in [0, 0.05) is 32.7 Å². The first-order valence-corrected chi connectivity index (χ1v) is 13.7. The van der Waals surface area contributed by atoms with Crippen molar-refractivity contribution in [3.63, 3.8) is 0 Å². The van der Waals surface area contributed by atoms with Gasteiger partial charge >= 0.3 is 0 Å². The molecule has 0 saturated carbocycles. The highest BCUT2D eigenvalue weighted by Crippen LogP contribution is 2.37. The summed E-state index contributed by atoms with van der Waals surface area (Å²) in [5, 5.41) is 0. The predicted molar refractivity (Wildman–Crippen MR) is 152 cm³/mol. The minimum absolute atomic E-state index is 0.824. The van der Waals surface area contributed by atoms with Crippen LogP contribution in [0, 0.1) is 0 Å². The Morgan fingerprint density at radius 1 is 0.571 bits per heavy atom. The standard InChI is InChI=1S/C31H24BrNOS/c1-35(34)31-22-26(32)18-19-30(31)25-12-8-10-23(20-25)24-11-9-17-29(21-24)33(27-13-4-2-5-14-27)28-15-6-3-7-16-28/h2-22H,1H3. The van der Waals surface area contributed by atoms with Crippen molar-refractivity contribution in [2.75, 3.05) is 11.2 Å². The Kier molecular flexibility index (Phi) is 6.94. The number of benzene rings is 5. The normalized spacial score (nSPS) is 11.7. The quantitative estimate of drug-likeness (QED) is 0.215. The summed E-state index contributed by atoms with van der Waals surface area (Å²) in [6, 6.07) is 43.8. The summed E-state index contributed by atoms with van der Waals surface area (Å²) in [7, 11) is -1.09. The second kappa shape index (κ2) is 10.4. The van der Waals surface area contributed by atoms with E-state index in [0.29, 0.717) is 0 Å². The highest BCUT2D eigenvalue weighted by molar-refractivity contribution is 9.10. The van der Waals surface area contributed by atoms with Gasteiger partial charge in [0.05, 0.1) is 10.8 Å². The Morgan fingerprint density at radius 3 is 1.74 bits per heavy atom. The lowest BCUT2D eigenvalue weighted by molar-refractivity contribution is 0.687. The Balaban J connectivity index is 1.59. The highest BCUT2D eigenvalue weighted by Gasteiger charge is 2.14. The van der Waals surface area contributed by atoms with Gasteiger partial charge in [0.25, 0.3) is 0 Å². The van der Waals surface area contributed by atoms with E-state index >= 15 is 0 Å². The summed E-state index contributed by atoms with van der Waals surface area (Å²) in [5.41, 5.74) is 7.57. The zero-order valence-electron chi connectivity index (χ0n) is 19.3. The van der Waals surface area contributed by atoms with Gasteiger partial charge in [-0.15, -0.1) is 0 Å². The number of hydrogen-bond acceptors (Lipinski definition) is 2. The van der Waals surface area contributed by atoms with Gasteiger partial charge in [0.1, 0.15) is 0 Å². The first-order valence-electron chi connectivity index (χ1n) is 11.3. The Bertz CT molecular complexity index is 1450. The molecule has 0 fully saturated rings. The maximum atomic E-state index is 12.4. The molecule has 0 radical (unpaired) electrons. The van der Waals surface area contributed by atoms with E-state index in [2.05, 4.69) is 118 Å². The SMILES string of the molecule is CS(=O)c1cc(Br)ccc1-c1cccc(-c2cccc(N(c3ccccc3)c3ccccc3)c2)c1. The maximum absolute atomic E-state index is 12.4. The third kappa shape index (κ3) is 5.14. The van der Waals surface area contributed by atoms with Gasteiger partial charge in [-0.25, -0.2) is 0 Å². The second-order valence-corrected chi connectivity index (χ2v) is 10.5. The van der Waals surface area contributed by atoms with Gasteiger partial charge in [-0.05, 0) is 76.9 Å². The Labute approximate surface area is 217 Å². The van der Waals surface area contributed by atoms with Crippen LogP contribution in [0.4, 0.5) is 17.1 Å². The average Bonchev–Trinajstić information content (AvgIpc) is 2.90. The molecule has 172 valence electrons. The molecule has 0 aliphatic heterocycles. The molecule has 1 atom stereocenters. The maximum Gasteiger partial charge on any atom is 0.0504 e. The van der Waals surface area contributed by atoms with Crippen molar-refractivity contribution < 1.29 is 4.21 Å². The molecular weight excluding hydrogens is 514 g/mol. The molecule has 0 bridgehead atoms. The summed E-state index contributed by atoms with van der Waals surface area (Å²) in [6.45, 7) is 0. The van der Waals surface area contributed by atoms with Crippen molar-refractivity contribution in [3.8, 4) is 22.3 Å². The molecule has 5 aromatic rings. The van der Waals surface area contributed by atoms with Crippen LogP contribution in [0.1, 0.15) is 0 Å². The Morgan fingerprint density at radius 2 is 1.11 bits per heavy atom. The predicted octanol–water partition coefficient (Wildman–Crippen LogP) is 8.99. The van der Waals surface area contributed by atoms with E-state index in [9.17, 15) is 4.21 Å². The van der Waals surface area contributed by atoms with Gasteiger partial charge in [0.15, 0.2) is 0 Å². The van der Waals surface area contributed by atoms with E-state index < -0.39 is 10.8 Å². The van der Waals surface area contributed by atoms with Gasteiger partial charge in [0.2, 0.25) is 0 Å². The average molecular weight is 539 g/mol. The minimum atomic E-state index is -1.09. The van der Waals surface area contributed by atoms with Crippen LogP contribution in [0.25, 0.3) is 22.3 Å². The monoisotopic (exact) mass is 537 g/mol. The van der Waals surface area contributed by atoms with Crippen LogP contribution in [0.3, 0.4) is 0 Å². The van der Waals surface area contributed by atoms with E-state index in [-0.39, 0.29) is 0 Å². The molecule has 2 nitrogen and oxygen atoms in total. The zero-order valence-corrected chi connectivity index (χ0v) is 21.7. The topological polar surface area (TPSA) is 20.3 Å². The molecule has 0 aliphatic rings. The molecule has 0 N–H and O–H groups in total. The summed E-state index contributed by atoms with van der Waals surface area (Å²) >= 11 is 3.51.